The normalized spacial score (nSPS) is 14.7. The first-order valence-corrected chi connectivity index (χ1v) is 9.12. The summed E-state index contributed by atoms with van der Waals surface area (Å²) in [5, 5.41) is 12.3. The summed E-state index contributed by atoms with van der Waals surface area (Å²) in [7, 11) is 0. The maximum Gasteiger partial charge on any atom is 0.137 e. The molecule has 0 atom stereocenters. The van der Waals surface area contributed by atoms with Crippen molar-refractivity contribution >= 4 is 10.8 Å². The molecule has 1 saturated heterocycles. The van der Waals surface area contributed by atoms with Crippen molar-refractivity contribution in [2.75, 3.05) is 13.2 Å². The summed E-state index contributed by atoms with van der Waals surface area (Å²) in [6, 6.07) is 3.93. The van der Waals surface area contributed by atoms with Gasteiger partial charge in [-0.05, 0) is 50.7 Å². The second-order valence-corrected chi connectivity index (χ2v) is 6.89. The summed E-state index contributed by atoms with van der Waals surface area (Å²) in [6.07, 6.45) is 6.95. The SMILES string of the molecule is Cc1cc2c(C#Cc3cc(C4CCOCC4)c(O)cn3)cnc(C)c2cn1. The van der Waals surface area contributed by atoms with Crippen LogP contribution in [0.5, 0.6) is 5.75 Å². The van der Waals surface area contributed by atoms with Crippen LogP contribution in [0.3, 0.4) is 0 Å². The standard InChI is InChI=1S/C22H21N3O2/c1-14-9-19-17(11-24-15(2)21(19)12-23-14)3-4-18-10-20(22(26)13-25-18)16-5-7-27-8-6-16/h9-13,16,26H,5-8H2,1-2H3. The molecule has 3 aromatic rings. The third kappa shape index (κ3) is 3.62. The molecule has 0 aliphatic carbocycles. The maximum absolute atomic E-state index is 10.2. The number of aryl methyl sites for hydroxylation is 2. The van der Waals surface area contributed by atoms with Gasteiger partial charge in [-0.1, -0.05) is 5.92 Å². The summed E-state index contributed by atoms with van der Waals surface area (Å²) in [5.74, 6) is 6.86. The van der Waals surface area contributed by atoms with Crippen molar-refractivity contribution < 1.29 is 9.84 Å². The van der Waals surface area contributed by atoms with Crippen LogP contribution in [0, 0.1) is 25.7 Å². The van der Waals surface area contributed by atoms with E-state index < -0.39 is 0 Å². The van der Waals surface area contributed by atoms with E-state index in [9.17, 15) is 5.11 Å². The van der Waals surface area contributed by atoms with Crippen molar-refractivity contribution in [3.05, 3.63) is 58.9 Å². The quantitative estimate of drug-likeness (QED) is 0.672. The van der Waals surface area contributed by atoms with E-state index in [1.54, 1.807) is 6.20 Å². The Kier molecular flexibility index (Phi) is 4.74. The molecule has 1 aliphatic heterocycles. The van der Waals surface area contributed by atoms with Gasteiger partial charge in [0.05, 0.1) is 11.8 Å². The number of ether oxygens (including phenoxy) is 1. The van der Waals surface area contributed by atoms with Crippen LogP contribution in [0.4, 0.5) is 0 Å². The monoisotopic (exact) mass is 359 g/mol. The van der Waals surface area contributed by atoms with Crippen molar-refractivity contribution in [2.45, 2.75) is 32.6 Å². The van der Waals surface area contributed by atoms with Gasteiger partial charge in [0.1, 0.15) is 11.4 Å². The van der Waals surface area contributed by atoms with Gasteiger partial charge in [0.15, 0.2) is 0 Å². The maximum atomic E-state index is 10.2. The number of pyridine rings is 3. The molecule has 0 radical (unpaired) electrons. The highest BCUT2D eigenvalue weighted by atomic mass is 16.5. The number of aromatic hydroxyl groups is 1. The van der Waals surface area contributed by atoms with Crippen molar-refractivity contribution in [2.24, 2.45) is 0 Å². The van der Waals surface area contributed by atoms with Gasteiger partial charge < -0.3 is 9.84 Å². The minimum Gasteiger partial charge on any atom is -0.506 e. The molecular weight excluding hydrogens is 338 g/mol. The highest BCUT2D eigenvalue weighted by molar-refractivity contribution is 5.89. The number of aromatic nitrogens is 3. The van der Waals surface area contributed by atoms with Crippen molar-refractivity contribution in [3.8, 4) is 17.6 Å². The Hall–Kier alpha value is -2.97. The van der Waals surface area contributed by atoms with E-state index >= 15 is 0 Å². The first-order valence-electron chi connectivity index (χ1n) is 9.12. The third-order valence-electron chi connectivity index (χ3n) is 5.01. The fourth-order valence-electron chi connectivity index (χ4n) is 3.47. The van der Waals surface area contributed by atoms with Crippen LogP contribution in [0.25, 0.3) is 10.8 Å². The van der Waals surface area contributed by atoms with Crippen LogP contribution in [-0.2, 0) is 4.74 Å². The number of hydrogen-bond donors (Lipinski definition) is 1. The van der Waals surface area contributed by atoms with Gasteiger partial charge in [-0.25, -0.2) is 4.98 Å². The third-order valence-corrected chi connectivity index (χ3v) is 5.01. The van der Waals surface area contributed by atoms with Gasteiger partial charge in [-0.2, -0.15) is 0 Å². The summed E-state index contributed by atoms with van der Waals surface area (Å²) < 4.78 is 5.42. The second kappa shape index (κ2) is 7.34. The van der Waals surface area contributed by atoms with E-state index in [4.69, 9.17) is 4.74 Å². The number of fused-ring (bicyclic) bond motifs is 1. The van der Waals surface area contributed by atoms with Crippen LogP contribution in [0.2, 0.25) is 0 Å². The van der Waals surface area contributed by atoms with Crippen molar-refractivity contribution in [1.29, 1.82) is 0 Å². The fraction of sp³-hybridized carbons (Fsp3) is 0.318. The van der Waals surface area contributed by atoms with E-state index in [0.29, 0.717) is 5.69 Å². The molecule has 0 unspecified atom stereocenters. The molecule has 0 amide bonds. The van der Waals surface area contributed by atoms with E-state index in [0.717, 1.165) is 59.3 Å². The Morgan fingerprint density at radius 3 is 2.59 bits per heavy atom. The second-order valence-electron chi connectivity index (χ2n) is 6.89. The molecule has 5 nitrogen and oxygen atoms in total. The molecule has 0 bridgehead atoms. The highest BCUT2D eigenvalue weighted by Gasteiger charge is 2.19. The summed E-state index contributed by atoms with van der Waals surface area (Å²) in [6.45, 7) is 5.38. The van der Waals surface area contributed by atoms with Gasteiger partial charge in [0.2, 0.25) is 0 Å². The molecule has 0 spiro atoms. The number of nitrogens with zero attached hydrogens (tertiary/aromatic N) is 3. The van der Waals surface area contributed by atoms with E-state index in [-0.39, 0.29) is 11.7 Å². The van der Waals surface area contributed by atoms with Crippen LogP contribution in [-0.4, -0.2) is 33.3 Å². The first-order chi connectivity index (χ1) is 13.1. The van der Waals surface area contributed by atoms with Crippen molar-refractivity contribution in [3.63, 3.8) is 0 Å². The van der Waals surface area contributed by atoms with Gasteiger partial charge in [-0.3, -0.25) is 9.97 Å². The van der Waals surface area contributed by atoms with Crippen LogP contribution in [0.1, 0.15) is 47.0 Å². The molecule has 4 heterocycles. The summed E-state index contributed by atoms with van der Waals surface area (Å²) >= 11 is 0. The fourth-order valence-corrected chi connectivity index (χ4v) is 3.47. The van der Waals surface area contributed by atoms with E-state index in [2.05, 4.69) is 26.8 Å². The lowest BCUT2D eigenvalue weighted by Gasteiger charge is -2.22. The number of hydrogen-bond acceptors (Lipinski definition) is 5. The average Bonchev–Trinajstić information content (AvgIpc) is 2.69. The predicted octanol–water partition coefficient (Wildman–Crippen LogP) is 3.64. The zero-order valence-electron chi connectivity index (χ0n) is 15.5. The molecule has 5 heteroatoms. The zero-order chi connectivity index (χ0) is 18.8. The Morgan fingerprint density at radius 1 is 0.963 bits per heavy atom. The number of rotatable bonds is 1. The zero-order valence-corrected chi connectivity index (χ0v) is 15.5. The predicted molar refractivity (Wildman–Crippen MR) is 104 cm³/mol. The Balaban J connectivity index is 1.72. The van der Waals surface area contributed by atoms with Crippen LogP contribution >= 0.6 is 0 Å². The van der Waals surface area contributed by atoms with Gasteiger partial charge in [0, 0.05) is 53.3 Å². The Morgan fingerprint density at radius 2 is 1.78 bits per heavy atom. The lowest BCUT2D eigenvalue weighted by molar-refractivity contribution is 0.0848. The Bertz CT molecular complexity index is 1060. The summed E-state index contributed by atoms with van der Waals surface area (Å²) in [5.41, 5.74) is 4.29. The molecule has 1 N–H and O–H groups in total. The first kappa shape index (κ1) is 17.4. The average molecular weight is 359 g/mol. The van der Waals surface area contributed by atoms with E-state index in [1.807, 2.05) is 32.2 Å². The van der Waals surface area contributed by atoms with Crippen molar-refractivity contribution in [1.82, 2.24) is 15.0 Å². The van der Waals surface area contributed by atoms with E-state index in [1.165, 1.54) is 6.20 Å². The molecule has 3 aromatic heterocycles. The molecular formula is C22H21N3O2. The minimum absolute atomic E-state index is 0.233. The lowest BCUT2D eigenvalue weighted by atomic mass is 9.91. The van der Waals surface area contributed by atoms with Gasteiger partial charge in [0.25, 0.3) is 0 Å². The topological polar surface area (TPSA) is 68.1 Å². The van der Waals surface area contributed by atoms with Gasteiger partial charge in [-0.15, -0.1) is 0 Å². The van der Waals surface area contributed by atoms with Crippen LogP contribution in [0.15, 0.2) is 30.7 Å². The minimum atomic E-state index is 0.233. The molecule has 0 aromatic carbocycles. The molecule has 4 rings (SSSR count). The molecule has 1 aliphatic rings. The molecule has 0 saturated carbocycles. The molecule has 1 fully saturated rings. The van der Waals surface area contributed by atoms with Crippen LogP contribution < -0.4 is 0 Å². The lowest BCUT2D eigenvalue weighted by Crippen LogP contribution is -2.14. The molecule has 136 valence electrons. The van der Waals surface area contributed by atoms with Gasteiger partial charge >= 0.3 is 0 Å². The smallest absolute Gasteiger partial charge is 0.137 e. The highest BCUT2D eigenvalue weighted by Crippen LogP contribution is 2.32. The Labute approximate surface area is 158 Å². The largest absolute Gasteiger partial charge is 0.506 e. The summed E-state index contributed by atoms with van der Waals surface area (Å²) in [4.78, 5) is 13.1. The molecule has 27 heavy (non-hydrogen) atoms.